The summed E-state index contributed by atoms with van der Waals surface area (Å²) in [4.78, 5) is 0. The van der Waals surface area contributed by atoms with Gasteiger partial charge in [0.1, 0.15) is 12.3 Å². The van der Waals surface area contributed by atoms with Gasteiger partial charge in [-0.1, -0.05) is 0 Å². The van der Waals surface area contributed by atoms with E-state index < -0.39 is 11.0 Å². The minimum absolute atomic E-state index is 0.0880. The van der Waals surface area contributed by atoms with Crippen molar-refractivity contribution < 1.29 is 8.68 Å². The Morgan fingerprint density at radius 3 is 2.33 bits per heavy atom. The molecule has 0 aromatic rings. The Morgan fingerprint density at radius 2 is 2.33 bits per heavy atom. The van der Waals surface area contributed by atoms with Gasteiger partial charge in [0.2, 0.25) is 11.0 Å². The van der Waals surface area contributed by atoms with E-state index in [0.717, 1.165) is 0 Å². The Kier molecular flexibility index (Phi) is 0.910. The second-order valence-electron chi connectivity index (χ2n) is 1.17. The zero-order valence-corrected chi connectivity index (χ0v) is 3.96. The van der Waals surface area contributed by atoms with Crippen molar-refractivity contribution in [2.75, 3.05) is 12.3 Å². The Hall–Kier alpha value is 0.0700. The lowest BCUT2D eigenvalue weighted by molar-refractivity contribution is -0.718. The summed E-state index contributed by atoms with van der Waals surface area (Å²) in [6, 6.07) is 0. The fraction of sp³-hybridized carbons (Fsp3) is 1.00. The average Bonchev–Trinajstić information content (AvgIpc) is 1.61. The summed E-state index contributed by atoms with van der Waals surface area (Å²) < 4.78 is 9.90. The second kappa shape index (κ2) is 1.29. The summed E-state index contributed by atoms with van der Waals surface area (Å²) >= 11 is 0. The molecule has 0 radical (unpaired) electrons. The first-order chi connectivity index (χ1) is 2.80. The number of rotatable bonds is 0. The highest BCUT2D eigenvalue weighted by atomic mass is 32.2. The fourth-order valence-electron chi connectivity index (χ4n) is 0.269. The van der Waals surface area contributed by atoms with Gasteiger partial charge in [0, 0.05) is 0 Å². The molecule has 1 heterocycles. The van der Waals surface area contributed by atoms with Gasteiger partial charge in [-0.3, -0.25) is 4.47 Å². The van der Waals surface area contributed by atoms with E-state index in [1.54, 1.807) is 0 Å². The van der Waals surface area contributed by atoms with Crippen molar-refractivity contribution in [3.63, 3.8) is 0 Å². The molecule has 0 spiro atoms. The Morgan fingerprint density at radius 1 is 1.83 bits per heavy atom. The molecule has 0 amide bonds. The maximum absolute atomic E-state index is 9.99. The van der Waals surface area contributed by atoms with Crippen LogP contribution >= 0.6 is 0 Å². The number of nitrogens with one attached hydrogen (secondary N) is 1. The monoisotopic (exact) mass is 107 g/mol. The molecule has 4 heteroatoms. The summed E-state index contributed by atoms with van der Waals surface area (Å²) in [5.41, 5.74) is 0. The third kappa shape index (κ3) is 0.466. The molecule has 2 unspecified atom stereocenters. The van der Waals surface area contributed by atoms with Crippen molar-refractivity contribution in [3.05, 3.63) is 5.21 Å². The van der Waals surface area contributed by atoms with E-state index in [2.05, 4.69) is 0 Å². The summed E-state index contributed by atoms with van der Waals surface area (Å²) in [5.74, 6) is 0.596. The molecule has 0 bridgehead atoms. The van der Waals surface area contributed by atoms with Gasteiger partial charge in [0.25, 0.3) is 0 Å². The first-order valence-corrected chi connectivity index (χ1v) is 3.04. The van der Waals surface area contributed by atoms with Crippen LogP contribution in [0.4, 0.5) is 0 Å². The standard InChI is InChI=1S/C2H5NO2S/c4-3-1-2-6(3)5/h3H,1-2H2. The highest BCUT2D eigenvalue weighted by Gasteiger charge is 2.19. The van der Waals surface area contributed by atoms with Gasteiger partial charge in [-0.2, -0.15) is 4.21 Å². The lowest BCUT2D eigenvalue weighted by Gasteiger charge is -2.26. The number of hydrogen-bond acceptors (Lipinski definition) is 2. The van der Waals surface area contributed by atoms with Crippen LogP contribution in [0.3, 0.4) is 0 Å². The van der Waals surface area contributed by atoms with Crippen molar-refractivity contribution in [2.24, 2.45) is 0 Å². The number of hydrogen-bond donors (Lipinski definition) is 1. The second-order valence-corrected chi connectivity index (χ2v) is 2.73. The number of hydroxylamine groups is 1. The van der Waals surface area contributed by atoms with Crippen molar-refractivity contribution in [3.8, 4) is 0 Å². The Labute approximate surface area is 38.1 Å². The molecule has 0 saturated carbocycles. The van der Waals surface area contributed by atoms with Gasteiger partial charge in [0.15, 0.2) is 0 Å². The molecule has 6 heavy (non-hydrogen) atoms. The van der Waals surface area contributed by atoms with Gasteiger partial charge in [-0.15, -0.1) is 0 Å². The highest BCUT2D eigenvalue weighted by molar-refractivity contribution is 7.79. The first kappa shape index (κ1) is 4.23. The van der Waals surface area contributed by atoms with E-state index in [0.29, 0.717) is 12.3 Å². The van der Waals surface area contributed by atoms with Gasteiger partial charge in [-0.25, -0.2) is 0 Å². The molecular weight excluding hydrogens is 102 g/mol. The van der Waals surface area contributed by atoms with Crippen LogP contribution in [0, 0.1) is 5.21 Å². The van der Waals surface area contributed by atoms with Crippen molar-refractivity contribution in [1.82, 2.24) is 0 Å². The summed E-state index contributed by atoms with van der Waals surface area (Å²) in [7, 11) is -1.08. The molecule has 0 aromatic heterocycles. The van der Waals surface area contributed by atoms with Gasteiger partial charge < -0.3 is 5.21 Å². The van der Waals surface area contributed by atoms with Gasteiger partial charge in [-0.05, 0) is 0 Å². The Balaban J connectivity index is 2.39. The fourth-order valence-corrected chi connectivity index (χ4v) is 0.806. The zero-order chi connectivity index (χ0) is 4.57. The molecule has 0 aliphatic carbocycles. The van der Waals surface area contributed by atoms with Crippen molar-refractivity contribution in [1.29, 1.82) is 0 Å². The van der Waals surface area contributed by atoms with Crippen LogP contribution in [0.1, 0.15) is 0 Å². The van der Waals surface area contributed by atoms with E-state index in [1.807, 2.05) is 0 Å². The van der Waals surface area contributed by atoms with E-state index in [4.69, 9.17) is 0 Å². The maximum Gasteiger partial charge on any atom is 0.211 e. The van der Waals surface area contributed by atoms with Crippen LogP contribution in [0.5, 0.6) is 0 Å². The predicted octanol–water partition coefficient (Wildman–Crippen LogP) is -1.95. The smallest absolute Gasteiger partial charge is 0.211 e. The third-order valence-electron chi connectivity index (χ3n) is 0.746. The van der Waals surface area contributed by atoms with Crippen molar-refractivity contribution >= 4 is 11.0 Å². The molecule has 1 saturated heterocycles. The molecule has 1 aliphatic heterocycles. The van der Waals surface area contributed by atoms with Gasteiger partial charge in [0.05, 0.1) is 0 Å². The molecule has 2 atom stereocenters. The van der Waals surface area contributed by atoms with Crippen LogP contribution in [-0.4, -0.2) is 16.5 Å². The van der Waals surface area contributed by atoms with Crippen LogP contribution in [-0.2, 0) is 11.0 Å². The maximum atomic E-state index is 9.99. The van der Waals surface area contributed by atoms with E-state index in [9.17, 15) is 9.42 Å². The molecular formula is C2H5NO2S. The van der Waals surface area contributed by atoms with Gasteiger partial charge >= 0.3 is 0 Å². The topological polar surface area (TPSA) is 44.6 Å². The average molecular weight is 107 g/mol. The largest absolute Gasteiger partial charge is 0.620 e. The van der Waals surface area contributed by atoms with Crippen LogP contribution in [0.25, 0.3) is 0 Å². The third-order valence-corrected chi connectivity index (χ3v) is 2.03. The minimum atomic E-state index is -1.08. The van der Waals surface area contributed by atoms with E-state index >= 15 is 0 Å². The lowest BCUT2D eigenvalue weighted by atomic mass is 10.8. The molecule has 3 nitrogen and oxygen atoms in total. The highest BCUT2D eigenvalue weighted by Crippen LogP contribution is 1.73. The molecule has 1 aliphatic rings. The van der Waals surface area contributed by atoms with Crippen LogP contribution < -0.4 is 4.47 Å². The molecule has 1 N–H and O–H groups in total. The first-order valence-electron chi connectivity index (χ1n) is 1.72. The lowest BCUT2D eigenvalue weighted by Crippen LogP contribution is -3.14. The molecule has 1 fully saturated rings. The SMILES string of the molecule is O=S1CC[NH+]1[O-]. The van der Waals surface area contributed by atoms with E-state index in [-0.39, 0.29) is 4.47 Å². The summed E-state index contributed by atoms with van der Waals surface area (Å²) in [6.07, 6.45) is 0. The minimum Gasteiger partial charge on any atom is -0.620 e. The molecule has 0 aromatic carbocycles. The molecule has 36 valence electrons. The quantitative estimate of drug-likeness (QED) is 0.365. The Bertz CT molecular complexity index is 83.6. The number of quaternary nitrogens is 1. The van der Waals surface area contributed by atoms with Crippen LogP contribution in [0.15, 0.2) is 0 Å². The van der Waals surface area contributed by atoms with Crippen molar-refractivity contribution in [2.45, 2.75) is 0 Å². The zero-order valence-electron chi connectivity index (χ0n) is 3.14. The summed E-state index contributed by atoms with van der Waals surface area (Å²) in [6.45, 7) is 0.534. The van der Waals surface area contributed by atoms with E-state index in [1.165, 1.54) is 0 Å². The summed E-state index contributed by atoms with van der Waals surface area (Å²) in [5, 5.41) is 9.93. The molecule has 1 rings (SSSR count). The van der Waals surface area contributed by atoms with Crippen LogP contribution in [0.2, 0.25) is 0 Å². The predicted molar refractivity (Wildman–Crippen MR) is 22.2 cm³/mol. The normalized spacial score (nSPS) is 44.8.